The van der Waals surface area contributed by atoms with Crippen molar-refractivity contribution in [2.24, 2.45) is 0 Å². The number of hydrogen-bond acceptors (Lipinski definition) is 5. The number of benzene rings is 1. The summed E-state index contributed by atoms with van der Waals surface area (Å²) in [6.45, 7) is 6.24. The molecule has 1 aliphatic rings. The summed E-state index contributed by atoms with van der Waals surface area (Å²) in [7, 11) is 0. The average molecular weight is 307 g/mol. The molecule has 1 aliphatic heterocycles. The minimum absolute atomic E-state index is 0.279. The lowest BCUT2D eigenvalue weighted by Crippen LogP contribution is -2.48. The summed E-state index contributed by atoms with van der Waals surface area (Å²) in [6.07, 6.45) is 1.31. The third-order valence-corrected chi connectivity index (χ3v) is 4.01. The zero-order chi connectivity index (χ0) is 14.8. The van der Waals surface area contributed by atoms with Crippen molar-refractivity contribution in [2.45, 2.75) is 13.0 Å². The maximum Gasteiger partial charge on any atom is 0.139 e. The Balaban J connectivity index is 1.79. The molecule has 1 aromatic carbocycles. The first-order valence-electron chi connectivity index (χ1n) is 7.19. The quantitative estimate of drug-likeness (QED) is 0.937. The first kappa shape index (κ1) is 14.5. The zero-order valence-corrected chi connectivity index (χ0v) is 12.8. The second-order valence-electron chi connectivity index (χ2n) is 5.50. The van der Waals surface area contributed by atoms with Gasteiger partial charge in [0.25, 0.3) is 0 Å². The van der Waals surface area contributed by atoms with E-state index in [0.29, 0.717) is 5.02 Å². The lowest BCUT2D eigenvalue weighted by Gasteiger charge is -2.36. The minimum Gasteiger partial charge on any atom is -0.392 e. The van der Waals surface area contributed by atoms with Crippen molar-refractivity contribution in [3.05, 3.63) is 29.5 Å². The van der Waals surface area contributed by atoms with Crippen molar-refractivity contribution in [3.63, 3.8) is 0 Å². The molecule has 1 fully saturated rings. The number of aliphatic hydroxyl groups excluding tert-OH is 1. The molecule has 1 N–H and O–H groups in total. The summed E-state index contributed by atoms with van der Waals surface area (Å²) in [5.74, 6) is 0.966. The van der Waals surface area contributed by atoms with Gasteiger partial charge in [0.2, 0.25) is 0 Å². The fourth-order valence-corrected chi connectivity index (χ4v) is 2.95. The first-order chi connectivity index (χ1) is 10.1. The predicted octanol–water partition coefficient (Wildman–Crippen LogP) is 1.79. The molecule has 2 aromatic rings. The second kappa shape index (κ2) is 6.13. The molecule has 5 nitrogen and oxygen atoms in total. The molecular weight excluding hydrogens is 288 g/mol. The Morgan fingerprint density at radius 2 is 2.00 bits per heavy atom. The van der Waals surface area contributed by atoms with Gasteiger partial charge in [0.05, 0.1) is 11.6 Å². The van der Waals surface area contributed by atoms with Crippen LogP contribution in [0, 0.1) is 0 Å². The number of rotatable bonds is 3. The normalized spacial score (nSPS) is 18.1. The summed E-state index contributed by atoms with van der Waals surface area (Å²) < 4.78 is 0. The topological polar surface area (TPSA) is 52.5 Å². The Morgan fingerprint density at radius 3 is 2.71 bits per heavy atom. The van der Waals surface area contributed by atoms with E-state index in [-0.39, 0.29) is 6.10 Å². The number of aromatic nitrogens is 2. The highest BCUT2D eigenvalue weighted by atomic mass is 35.5. The number of fused-ring (bicyclic) bond motifs is 1. The fourth-order valence-electron chi connectivity index (χ4n) is 2.78. The van der Waals surface area contributed by atoms with Crippen LogP contribution in [-0.4, -0.2) is 58.8 Å². The van der Waals surface area contributed by atoms with Crippen LogP contribution in [-0.2, 0) is 0 Å². The molecule has 6 heteroatoms. The van der Waals surface area contributed by atoms with E-state index in [0.717, 1.165) is 49.4 Å². The highest BCUT2D eigenvalue weighted by Crippen LogP contribution is 2.26. The maximum atomic E-state index is 9.47. The number of piperazine rings is 1. The molecule has 0 saturated carbocycles. The summed E-state index contributed by atoms with van der Waals surface area (Å²) in [4.78, 5) is 13.3. The van der Waals surface area contributed by atoms with E-state index in [9.17, 15) is 5.11 Å². The van der Waals surface area contributed by atoms with Crippen LogP contribution in [0.1, 0.15) is 6.92 Å². The van der Waals surface area contributed by atoms with Crippen LogP contribution in [0.2, 0.25) is 5.02 Å². The summed E-state index contributed by atoms with van der Waals surface area (Å²) in [6, 6.07) is 5.72. The van der Waals surface area contributed by atoms with Crippen LogP contribution in [0.15, 0.2) is 24.5 Å². The molecule has 1 aromatic heterocycles. The molecule has 112 valence electrons. The molecule has 3 rings (SSSR count). The van der Waals surface area contributed by atoms with Gasteiger partial charge in [-0.3, -0.25) is 4.90 Å². The highest BCUT2D eigenvalue weighted by molar-refractivity contribution is 6.31. The molecule has 0 spiro atoms. The molecule has 1 atom stereocenters. The van der Waals surface area contributed by atoms with Crippen LogP contribution in [0.25, 0.3) is 10.9 Å². The molecule has 21 heavy (non-hydrogen) atoms. The Bertz CT molecular complexity index is 626. The lowest BCUT2D eigenvalue weighted by molar-refractivity contribution is 0.122. The van der Waals surface area contributed by atoms with Crippen LogP contribution in [0.4, 0.5) is 5.82 Å². The van der Waals surface area contributed by atoms with E-state index >= 15 is 0 Å². The van der Waals surface area contributed by atoms with Gasteiger partial charge in [-0.25, -0.2) is 9.97 Å². The van der Waals surface area contributed by atoms with Crippen LogP contribution < -0.4 is 4.90 Å². The van der Waals surface area contributed by atoms with Gasteiger partial charge in [-0.05, 0) is 25.1 Å². The number of halogens is 1. The Morgan fingerprint density at radius 1 is 1.24 bits per heavy atom. The van der Waals surface area contributed by atoms with Gasteiger partial charge in [0, 0.05) is 43.1 Å². The van der Waals surface area contributed by atoms with Crippen LogP contribution in [0.5, 0.6) is 0 Å². The number of hydrogen-bond donors (Lipinski definition) is 1. The van der Waals surface area contributed by atoms with Gasteiger partial charge >= 0.3 is 0 Å². The number of anilines is 1. The summed E-state index contributed by atoms with van der Waals surface area (Å²) in [5, 5.41) is 11.2. The van der Waals surface area contributed by atoms with Crippen LogP contribution >= 0.6 is 11.6 Å². The van der Waals surface area contributed by atoms with Gasteiger partial charge in [-0.15, -0.1) is 0 Å². The molecule has 0 unspecified atom stereocenters. The minimum atomic E-state index is -0.279. The van der Waals surface area contributed by atoms with Crippen molar-refractivity contribution in [1.82, 2.24) is 14.9 Å². The van der Waals surface area contributed by atoms with Crippen molar-refractivity contribution in [3.8, 4) is 0 Å². The summed E-state index contributed by atoms with van der Waals surface area (Å²) >= 11 is 6.02. The number of aliphatic hydroxyl groups is 1. The van der Waals surface area contributed by atoms with Gasteiger partial charge in [0.15, 0.2) is 0 Å². The van der Waals surface area contributed by atoms with Crippen molar-refractivity contribution >= 4 is 28.3 Å². The number of β-amino-alcohol motifs (C(OH)–C–C–N with tert-alkyl or cyclic N) is 1. The summed E-state index contributed by atoms with van der Waals surface area (Å²) in [5.41, 5.74) is 0.874. The number of nitrogens with zero attached hydrogens (tertiary/aromatic N) is 4. The molecule has 0 radical (unpaired) electrons. The Labute approximate surface area is 129 Å². The van der Waals surface area contributed by atoms with E-state index in [1.807, 2.05) is 25.1 Å². The van der Waals surface area contributed by atoms with Gasteiger partial charge in [0.1, 0.15) is 12.1 Å². The van der Waals surface area contributed by atoms with E-state index in [4.69, 9.17) is 11.6 Å². The molecular formula is C15H19ClN4O. The molecule has 1 saturated heterocycles. The van der Waals surface area contributed by atoms with Crippen molar-refractivity contribution < 1.29 is 5.11 Å². The van der Waals surface area contributed by atoms with E-state index in [2.05, 4.69) is 19.8 Å². The lowest BCUT2D eigenvalue weighted by atomic mass is 10.2. The first-order valence-corrected chi connectivity index (χ1v) is 7.57. The van der Waals surface area contributed by atoms with Gasteiger partial charge < -0.3 is 10.0 Å². The second-order valence-corrected chi connectivity index (χ2v) is 5.93. The zero-order valence-electron chi connectivity index (χ0n) is 12.0. The van der Waals surface area contributed by atoms with E-state index in [1.165, 1.54) is 0 Å². The standard InChI is InChI=1S/C15H19ClN4O/c1-11(21)9-19-4-6-20(7-5-19)15-13-3-2-12(16)8-14(13)17-10-18-15/h2-3,8,10-11,21H,4-7,9H2,1H3/t11-/m1/s1. The smallest absolute Gasteiger partial charge is 0.139 e. The predicted molar refractivity (Wildman–Crippen MR) is 84.9 cm³/mol. The van der Waals surface area contributed by atoms with Crippen LogP contribution in [0.3, 0.4) is 0 Å². The van der Waals surface area contributed by atoms with Crippen molar-refractivity contribution in [2.75, 3.05) is 37.6 Å². The molecule has 0 bridgehead atoms. The average Bonchev–Trinajstić information content (AvgIpc) is 2.46. The fraction of sp³-hybridized carbons (Fsp3) is 0.467. The molecule has 0 amide bonds. The molecule has 0 aliphatic carbocycles. The largest absolute Gasteiger partial charge is 0.392 e. The van der Waals surface area contributed by atoms with Gasteiger partial charge in [-0.1, -0.05) is 11.6 Å². The Kier molecular flexibility index (Phi) is 4.24. The third kappa shape index (κ3) is 3.26. The van der Waals surface area contributed by atoms with E-state index < -0.39 is 0 Å². The SMILES string of the molecule is C[C@@H](O)CN1CCN(c2ncnc3cc(Cl)ccc23)CC1. The molecule has 2 heterocycles. The van der Waals surface area contributed by atoms with Gasteiger partial charge in [-0.2, -0.15) is 0 Å². The Hall–Kier alpha value is -1.43. The monoisotopic (exact) mass is 306 g/mol. The van der Waals surface area contributed by atoms with E-state index in [1.54, 1.807) is 6.33 Å². The third-order valence-electron chi connectivity index (χ3n) is 3.77. The highest BCUT2D eigenvalue weighted by Gasteiger charge is 2.20. The van der Waals surface area contributed by atoms with Crippen molar-refractivity contribution in [1.29, 1.82) is 0 Å². The maximum absolute atomic E-state index is 9.47.